The number of fused-ring (bicyclic) bond motifs is 2. The van der Waals surface area contributed by atoms with Crippen LogP contribution in [-0.4, -0.2) is 16.7 Å². The number of carbonyl (C=O) groups excluding carboxylic acids is 2. The Bertz CT molecular complexity index is 648. The topological polar surface area (TPSA) is 115 Å². The van der Waals surface area contributed by atoms with Crippen LogP contribution in [0.1, 0.15) is 31.8 Å². The second-order valence-electron chi connectivity index (χ2n) is 4.13. The maximum atomic E-state index is 12.3. The van der Waals surface area contributed by atoms with Gasteiger partial charge >= 0.3 is 0 Å². The van der Waals surface area contributed by atoms with Gasteiger partial charge in [-0.2, -0.15) is 0 Å². The maximum Gasteiger partial charge on any atom is 0.198 e. The molecule has 3 rings (SSSR count). The molecule has 5 heteroatoms. The van der Waals surface area contributed by atoms with Crippen molar-refractivity contribution in [2.24, 2.45) is 0 Å². The number of nitrogen functional groups attached to an aromatic ring is 1. The highest BCUT2D eigenvalue weighted by Crippen LogP contribution is 2.35. The molecule has 0 aliphatic heterocycles. The predicted octanol–water partition coefficient (Wildman–Crippen LogP) is 1.91. The molecule has 0 aromatic heterocycles. The van der Waals surface area contributed by atoms with Crippen molar-refractivity contribution in [1.29, 1.82) is 0 Å². The highest BCUT2D eigenvalue weighted by molar-refractivity contribution is 6.30. The van der Waals surface area contributed by atoms with Gasteiger partial charge in [-0.1, -0.05) is 24.3 Å². The molecular weight excluding hydrogens is 244 g/mol. The van der Waals surface area contributed by atoms with Gasteiger partial charge in [0.2, 0.25) is 0 Å². The third kappa shape index (κ3) is 1.60. The average Bonchev–Trinajstić information content (AvgIpc) is 2.38. The van der Waals surface area contributed by atoms with Crippen LogP contribution >= 0.6 is 0 Å². The van der Waals surface area contributed by atoms with E-state index in [1.807, 2.05) is 0 Å². The molecule has 0 saturated carbocycles. The number of aromatic hydroxyl groups is 1. The summed E-state index contributed by atoms with van der Waals surface area (Å²) in [6.07, 6.45) is 0. The van der Waals surface area contributed by atoms with Crippen molar-refractivity contribution < 1.29 is 14.7 Å². The zero-order valence-electron chi connectivity index (χ0n) is 10.0. The van der Waals surface area contributed by atoms with Gasteiger partial charge in [-0.3, -0.25) is 9.59 Å². The van der Waals surface area contributed by atoms with E-state index in [0.717, 1.165) is 0 Å². The summed E-state index contributed by atoms with van der Waals surface area (Å²) in [6, 6.07) is 9.27. The third-order valence-electron chi connectivity index (χ3n) is 3.09. The summed E-state index contributed by atoms with van der Waals surface area (Å²) >= 11 is 0. The van der Waals surface area contributed by atoms with E-state index >= 15 is 0 Å². The minimum absolute atomic E-state index is 0. The zero-order chi connectivity index (χ0) is 12.9. The molecule has 19 heavy (non-hydrogen) atoms. The number of nitrogens with two attached hydrogens (primary N) is 1. The smallest absolute Gasteiger partial charge is 0.198 e. The van der Waals surface area contributed by atoms with Gasteiger partial charge in [-0.25, -0.2) is 0 Å². The standard InChI is InChI=1S/C14H9NO3.H3N/c15-9-5-6-10(16)12-11(9)13(17)7-3-1-2-4-8(7)14(12)18;/h1-6,16H,15H2;1H3. The van der Waals surface area contributed by atoms with Crippen molar-refractivity contribution in [2.45, 2.75) is 0 Å². The van der Waals surface area contributed by atoms with Gasteiger partial charge in [0.05, 0.1) is 11.1 Å². The third-order valence-corrected chi connectivity index (χ3v) is 3.09. The maximum absolute atomic E-state index is 12.3. The molecule has 0 fully saturated rings. The number of hydrogen-bond donors (Lipinski definition) is 3. The number of hydrogen-bond acceptors (Lipinski definition) is 5. The SMILES string of the molecule is N.Nc1ccc(O)c2c1C(=O)c1ccccc1C2=O. The first kappa shape index (κ1) is 12.8. The van der Waals surface area contributed by atoms with Crippen LogP contribution in [0.4, 0.5) is 5.69 Å². The van der Waals surface area contributed by atoms with Crippen LogP contribution in [0.15, 0.2) is 36.4 Å². The van der Waals surface area contributed by atoms with E-state index in [1.54, 1.807) is 24.3 Å². The normalized spacial score (nSPS) is 12.4. The molecule has 0 spiro atoms. The largest absolute Gasteiger partial charge is 0.507 e. The van der Waals surface area contributed by atoms with E-state index in [4.69, 9.17) is 5.73 Å². The van der Waals surface area contributed by atoms with Crippen LogP contribution < -0.4 is 11.9 Å². The molecule has 0 saturated heterocycles. The summed E-state index contributed by atoms with van der Waals surface area (Å²) in [6.45, 7) is 0. The molecule has 0 unspecified atom stereocenters. The summed E-state index contributed by atoms with van der Waals surface area (Å²) in [4.78, 5) is 24.5. The number of rotatable bonds is 0. The van der Waals surface area contributed by atoms with Gasteiger partial charge in [0.25, 0.3) is 0 Å². The second kappa shape index (κ2) is 4.22. The van der Waals surface area contributed by atoms with Crippen LogP contribution in [-0.2, 0) is 0 Å². The summed E-state index contributed by atoms with van der Waals surface area (Å²) in [7, 11) is 0. The Hall–Kier alpha value is -2.66. The predicted molar refractivity (Wildman–Crippen MR) is 70.8 cm³/mol. The first-order chi connectivity index (χ1) is 8.61. The van der Waals surface area contributed by atoms with Gasteiger partial charge in [0, 0.05) is 16.8 Å². The molecule has 0 heterocycles. The summed E-state index contributed by atoms with van der Waals surface area (Å²) in [5, 5.41) is 9.77. The van der Waals surface area contributed by atoms with E-state index in [9.17, 15) is 14.7 Å². The summed E-state index contributed by atoms with van der Waals surface area (Å²) in [5.74, 6) is -0.911. The van der Waals surface area contributed by atoms with E-state index in [-0.39, 0.29) is 40.3 Å². The molecule has 0 amide bonds. The van der Waals surface area contributed by atoms with Crippen molar-refractivity contribution in [3.63, 3.8) is 0 Å². The Morgan fingerprint density at radius 3 is 1.95 bits per heavy atom. The Kier molecular flexibility index (Phi) is 2.84. The van der Waals surface area contributed by atoms with E-state index in [2.05, 4.69) is 0 Å². The number of phenolic OH excluding ortho intramolecular Hbond substituents is 1. The van der Waals surface area contributed by atoms with Gasteiger partial charge in [0.1, 0.15) is 5.75 Å². The van der Waals surface area contributed by atoms with E-state index < -0.39 is 0 Å². The molecule has 5 nitrogen and oxygen atoms in total. The molecule has 1 aliphatic carbocycles. The molecule has 0 radical (unpaired) electrons. The average molecular weight is 256 g/mol. The van der Waals surface area contributed by atoms with E-state index in [1.165, 1.54) is 12.1 Å². The van der Waals surface area contributed by atoms with Crippen molar-refractivity contribution >= 4 is 17.3 Å². The summed E-state index contributed by atoms with van der Waals surface area (Å²) in [5.41, 5.74) is 6.66. The fourth-order valence-electron chi connectivity index (χ4n) is 2.23. The van der Waals surface area contributed by atoms with Crippen LogP contribution in [0.2, 0.25) is 0 Å². The van der Waals surface area contributed by atoms with Crippen LogP contribution in [0.5, 0.6) is 5.75 Å². The molecular formula is C14H12N2O3. The van der Waals surface area contributed by atoms with Gasteiger partial charge < -0.3 is 17.0 Å². The monoisotopic (exact) mass is 256 g/mol. The number of anilines is 1. The fraction of sp³-hybridized carbons (Fsp3) is 0. The number of ketones is 2. The Morgan fingerprint density at radius 2 is 1.37 bits per heavy atom. The number of phenols is 1. The lowest BCUT2D eigenvalue weighted by Gasteiger charge is -2.19. The van der Waals surface area contributed by atoms with Crippen molar-refractivity contribution in [3.8, 4) is 5.75 Å². The fourth-order valence-corrected chi connectivity index (χ4v) is 2.23. The van der Waals surface area contributed by atoms with Crippen LogP contribution in [0, 0.1) is 0 Å². The molecule has 1 aliphatic rings. The molecule has 96 valence electrons. The number of carbonyl (C=O) groups is 2. The number of benzene rings is 2. The Morgan fingerprint density at radius 1 is 0.842 bits per heavy atom. The van der Waals surface area contributed by atoms with Gasteiger partial charge in [0.15, 0.2) is 11.6 Å². The lowest BCUT2D eigenvalue weighted by Crippen LogP contribution is -2.22. The molecule has 0 atom stereocenters. The van der Waals surface area contributed by atoms with E-state index in [0.29, 0.717) is 11.1 Å². The van der Waals surface area contributed by atoms with Crippen molar-refractivity contribution in [3.05, 3.63) is 58.7 Å². The van der Waals surface area contributed by atoms with Crippen LogP contribution in [0.25, 0.3) is 0 Å². The quantitative estimate of drug-likeness (QED) is 0.419. The highest BCUT2D eigenvalue weighted by Gasteiger charge is 2.33. The van der Waals surface area contributed by atoms with Gasteiger partial charge in [-0.15, -0.1) is 0 Å². The van der Waals surface area contributed by atoms with Crippen LogP contribution in [0.3, 0.4) is 0 Å². The Labute approximate surface area is 109 Å². The first-order valence-corrected chi connectivity index (χ1v) is 5.41. The minimum Gasteiger partial charge on any atom is -0.507 e. The van der Waals surface area contributed by atoms with Crippen molar-refractivity contribution in [1.82, 2.24) is 6.15 Å². The minimum atomic E-state index is -0.370. The zero-order valence-corrected chi connectivity index (χ0v) is 10.0. The second-order valence-corrected chi connectivity index (χ2v) is 4.13. The van der Waals surface area contributed by atoms with Gasteiger partial charge in [-0.05, 0) is 12.1 Å². The lowest BCUT2D eigenvalue weighted by molar-refractivity contribution is 0.0977. The summed E-state index contributed by atoms with van der Waals surface area (Å²) < 4.78 is 0. The first-order valence-electron chi connectivity index (χ1n) is 5.41. The highest BCUT2D eigenvalue weighted by atomic mass is 16.3. The Balaban J connectivity index is 0.00000133. The van der Waals surface area contributed by atoms with Crippen molar-refractivity contribution in [2.75, 3.05) is 5.73 Å². The molecule has 2 aromatic rings. The molecule has 2 aromatic carbocycles. The lowest BCUT2D eigenvalue weighted by atomic mass is 9.83. The molecule has 6 N–H and O–H groups in total. The molecule has 0 bridgehead atoms.